The van der Waals surface area contributed by atoms with Gasteiger partial charge in [0, 0.05) is 17.3 Å². The zero-order valence-electron chi connectivity index (χ0n) is 17.4. The van der Waals surface area contributed by atoms with Crippen LogP contribution in [0.2, 0.25) is 5.02 Å². The predicted molar refractivity (Wildman–Crippen MR) is 125 cm³/mol. The zero-order valence-corrected chi connectivity index (χ0v) is 19.7. The van der Waals surface area contributed by atoms with Gasteiger partial charge in [0.15, 0.2) is 0 Å². The second-order valence-corrected chi connectivity index (χ2v) is 10.2. The molecule has 0 fully saturated rings. The van der Waals surface area contributed by atoms with Crippen LogP contribution in [0, 0.1) is 6.92 Å². The van der Waals surface area contributed by atoms with Gasteiger partial charge in [0.05, 0.1) is 19.1 Å². The average molecular weight is 471 g/mol. The number of hydrogen-bond acceptors (Lipinski definition) is 5. The molecule has 0 spiro atoms. The smallest absolute Gasteiger partial charge is 0.240 e. The van der Waals surface area contributed by atoms with Gasteiger partial charge in [0.25, 0.3) is 0 Å². The van der Waals surface area contributed by atoms with Crippen LogP contribution in [-0.4, -0.2) is 46.5 Å². The normalized spacial score (nSPS) is 11.2. The molecule has 2 aromatic carbocycles. The van der Waals surface area contributed by atoms with Crippen LogP contribution < -0.4 is 14.4 Å². The number of ether oxygens (including phenoxy) is 1. The molecule has 0 aliphatic carbocycles. The number of methoxy groups -OCH3 is 1. The van der Waals surface area contributed by atoms with Crippen molar-refractivity contribution in [3.63, 3.8) is 0 Å². The molecule has 2 aromatic rings. The maximum atomic E-state index is 12.4. The minimum Gasteiger partial charge on any atom is -0.495 e. The molecule has 2 rings (SSSR count). The van der Waals surface area contributed by atoms with Gasteiger partial charge < -0.3 is 10.1 Å². The SMILES string of the molecule is COc1ccc(Cl)cc1N(CC(=O)NCCCSCc1ccccc1C)S(C)(=O)=O. The summed E-state index contributed by atoms with van der Waals surface area (Å²) in [6, 6.07) is 12.9. The van der Waals surface area contributed by atoms with Crippen LogP contribution in [0.5, 0.6) is 5.75 Å². The summed E-state index contributed by atoms with van der Waals surface area (Å²) in [5.74, 6) is 1.76. The van der Waals surface area contributed by atoms with E-state index in [2.05, 4.69) is 24.4 Å². The predicted octanol–water partition coefficient (Wildman–Crippen LogP) is 3.86. The number of aryl methyl sites for hydroxylation is 1. The Balaban J connectivity index is 1.85. The maximum absolute atomic E-state index is 12.4. The Labute approximate surface area is 188 Å². The van der Waals surface area contributed by atoms with Crippen LogP contribution >= 0.6 is 23.4 Å². The monoisotopic (exact) mass is 470 g/mol. The molecule has 1 N–H and O–H groups in total. The summed E-state index contributed by atoms with van der Waals surface area (Å²) in [4.78, 5) is 12.4. The van der Waals surface area contributed by atoms with Crippen molar-refractivity contribution in [2.45, 2.75) is 19.1 Å². The number of benzene rings is 2. The number of halogens is 1. The molecule has 0 aliphatic heterocycles. The number of thioether (sulfide) groups is 1. The van der Waals surface area contributed by atoms with Gasteiger partial charge in [-0.2, -0.15) is 11.8 Å². The number of sulfonamides is 1. The van der Waals surface area contributed by atoms with E-state index in [1.165, 1.54) is 24.3 Å². The van der Waals surface area contributed by atoms with E-state index in [0.717, 1.165) is 28.5 Å². The van der Waals surface area contributed by atoms with Crippen molar-refractivity contribution in [1.82, 2.24) is 5.32 Å². The van der Waals surface area contributed by atoms with E-state index in [4.69, 9.17) is 16.3 Å². The number of carbonyl (C=O) groups excluding carboxylic acids is 1. The number of anilines is 1. The molecule has 0 unspecified atom stereocenters. The molecular formula is C21H27ClN2O4S2. The first-order chi connectivity index (χ1) is 14.2. The fourth-order valence-corrected chi connectivity index (χ4v) is 4.84. The number of nitrogens with one attached hydrogen (secondary N) is 1. The zero-order chi connectivity index (χ0) is 22.1. The molecular weight excluding hydrogens is 444 g/mol. The highest BCUT2D eigenvalue weighted by molar-refractivity contribution is 7.98. The summed E-state index contributed by atoms with van der Waals surface area (Å²) < 4.78 is 30.8. The highest BCUT2D eigenvalue weighted by Gasteiger charge is 2.24. The fraction of sp³-hybridized carbons (Fsp3) is 0.381. The molecule has 0 bridgehead atoms. The van der Waals surface area contributed by atoms with Gasteiger partial charge in [-0.3, -0.25) is 9.10 Å². The third kappa shape index (κ3) is 7.41. The van der Waals surface area contributed by atoms with Crippen molar-refractivity contribution in [3.05, 3.63) is 58.6 Å². The number of rotatable bonds is 11. The van der Waals surface area contributed by atoms with E-state index in [-0.39, 0.29) is 18.1 Å². The Bertz CT molecular complexity index is 967. The van der Waals surface area contributed by atoms with E-state index in [1.807, 2.05) is 12.1 Å². The maximum Gasteiger partial charge on any atom is 0.240 e. The van der Waals surface area contributed by atoms with Crippen LogP contribution in [-0.2, 0) is 20.6 Å². The molecule has 9 heteroatoms. The Hall–Kier alpha value is -1.90. The highest BCUT2D eigenvalue weighted by atomic mass is 35.5. The van der Waals surface area contributed by atoms with E-state index in [1.54, 1.807) is 23.9 Å². The molecule has 0 heterocycles. The summed E-state index contributed by atoms with van der Waals surface area (Å²) in [6.07, 6.45) is 1.84. The van der Waals surface area contributed by atoms with E-state index < -0.39 is 10.0 Å². The Kier molecular flexibility index (Phi) is 9.33. The molecule has 0 aromatic heterocycles. The first kappa shape index (κ1) is 24.4. The number of amides is 1. The molecule has 30 heavy (non-hydrogen) atoms. The van der Waals surface area contributed by atoms with Crippen molar-refractivity contribution in [2.75, 3.05) is 36.5 Å². The van der Waals surface area contributed by atoms with Gasteiger partial charge in [-0.1, -0.05) is 35.9 Å². The van der Waals surface area contributed by atoms with E-state index in [9.17, 15) is 13.2 Å². The Morgan fingerprint density at radius 2 is 1.97 bits per heavy atom. The Morgan fingerprint density at radius 1 is 1.23 bits per heavy atom. The summed E-state index contributed by atoms with van der Waals surface area (Å²) in [5, 5.41) is 3.14. The van der Waals surface area contributed by atoms with Crippen molar-refractivity contribution < 1.29 is 17.9 Å². The molecule has 0 radical (unpaired) electrons. The van der Waals surface area contributed by atoms with Crippen molar-refractivity contribution in [2.24, 2.45) is 0 Å². The molecule has 0 saturated carbocycles. The second-order valence-electron chi connectivity index (χ2n) is 6.77. The van der Waals surface area contributed by atoms with Gasteiger partial charge in [0.2, 0.25) is 15.9 Å². The topological polar surface area (TPSA) is 75.7 Å². The molecule has 0 atom stereocenters. The molecule has 0 aliphatic rings. The van der Waals surface area contributed by atoms with E-state index in [0.29, 0.717) is 17.3 Å². The molecule has 1 amide bonds. The van der Waals surface area contributed by atoms with Crippen molar-refractivity contribution in [3.8, 4) is 5.75 Å². The first-order valence-corrected chi connectivity index (χ1v) is 12.8. The van der Waals surface area contributed by atoms with Gasteiger partial charge in [0.1, 0.15) is 12.3 Å². The van der Waals surface area contributed by atoms with Crippen LogP contribution in [0.3, 0.4) is 0 Å². The van der Waals surface area contributed by atoms with Crippen LogP contribution in [0.25, 0.3) is 0 Å². The lowest BCUT2D eigenvalue weighted by Gasteiger charge is -2.24. The third-order valence-electron chi connectivity index (χ3n) is 4.40. The summed E-state index contributed by atoms with van der Waals surface area (Å²) in [5.41, 5.74) is 2.82. The van der Waals surface area contributed by atoms with Crippen molar-refractivity contribution >= 4 is 45.0 Å². The second kappa shape index (κ2) is 11.5. The van der Waals surface area contributed by atoms with Gasteiger partial charge in [-0.25, -0.2) is 8.42 Å². The van der Waals surface area contributed by atoms with Gasteiger partial charge in [-0.05, 0) is 48.4 Å². The fourth-order valence-electron chi connectivity index (χ4n) is 2.78. The third-order valence-corrected chi connectivity index (χ3v) is 6.86. The minimum absolute atomic E-state index is 0.233. The standard InChI is InChI=1S/C21H27ClN2O4S2/c1-16-7-4-5-8-17(16)15-29-12-6-11-23-21(25)14-24(30(3,26)27)19-13-18(22)9-10-20(19)28-2/h4-5,7-10,13H,6,11-12,14-15H2,1-3H3,(H,23,25). The number of carbonyl (C=O) groups is 1. The Morgan fingerprint density at radius 3 is 2.63 bits per heavy atom. The first-order valence-electron chi connectivity index (χ1n) is 9.42. The summed E-state index contributed by atoms with van der Waals surface area (Å²) in [7, 11) is -2.27. The van der Waals surface area contributed by atoms with Crippen LogP contribution in [0.15, 0.2) is 42.5 Å². The highest BCUT2D eigenvalue weighted by Crippen LogP contribution is 2.32. The quantitative estimate of drug-likeness (QED) is 0.504. The lowest BCUT2D eigenvalue weighted by atomic mass is 10.1. The number of nitrogens with zero attached hydrogens (tertiary/aromatic N) is 1. The largest absolute Gasteiger partial charge is 0.495 e. The van der Waals surface area contributed by atoms with Gasteiger partial charge >= 0.3 is 0 Å². The van der Waals surface area contributed by atoms with E-state index >= 15 is 0 Å². The van der Waals surface area contributed by atoms with Crippen LogP contribution in [0.4, 0.5) is 5.69 Å². The van der Waals surface area contributed by atoms with Crippen molar-refractivity contribution in [1.29, 1.82) is 0 Å². The molecule has 0 saturated heterocycles. The average Bonchev–Trinajstić information content (AvgIpc) is 2.69. The lowest BCUT2D eigenvalue weighted by molar-refractivity contribution is -0.119. The molecule has 164 valence electrons. The van der Waals surface area contributed by atoms with Gasteiger partial charge in [-0.15, -0.1) is 0 Å². The summed E-state index contributed by atoms with van der Waals surface area (Å²) >= 11 is 7.82. The van der Waals surface area contributed by atoms with Crippen LogP contribution in [0.1, 0.15) is 17.5 Å². The lowest BCUT2D eigenvalue weighted by Crippen LogP contribution is -2.40. The number of hydrogen-bond donors (Lipinski definition) is 1. The minimum atomic E-state index is -3.71. The molecule has 6 nitrogen and oxygen atoms in total. The summed E-state index contributed by atoms with van der Waals surface area (Å²) in [6.45, 7) is 2.23.